The summed E-state index contributed by atoms with van der Waals surface area (Å²) in [7, 11) is 0. The van der Waals surface area contributed by atoms with Gasteiger partial charge in [0.1, 0.15) is 0 Å². The zero-order valence-corrected chi connectivity index (χ0v) is 8.22. The van der Waals surface area contributed by atoms with Gasteiger partial charge in [0, 0.05) is 6.08 Å². The summed E-state index contributed by atoms with van der Waals surface area (Å²) in [6.45, 7) is 0. The number of benzene rings is 2. The minimum atomic E-state index is -0.622. The van der Waals surface area contributed by atoms with Gasteiger partial charge in [0.2, 0.25) is 0 Å². The highest BCUT2D eigenvalue weighted by atomic mass is 16.5. The van der Waals surface area contributed by atoms with Gasteiger partial charge in [-0.05, 0) is 22.8 Å². The molecule has 2 rings (SSSR count). The minimum Gasteiger partial charge on any atom is -0.481 e. The summed E-state index contributed by atoms with van der Waals surface area (Å²) in [4.78, 5) is 0. The zero-order valence-electron chi connectivity index (χ0n) is 8.22. The van der Waals surface area contributed by atoms with Crippen molar-refractivity contribution in [3.05, 3.63) is 60.0 Å². The molecule has 2 heteroatoms. The molecule has 0 aromatic heterocycles. The van der Waals surface area contributed by atoms with Crippen LogP contribution in [0.4, 0.5) is 0 Å². The van der Waals surface area contributed by atoms with Crippen molar-refractivity contribution in [3.8, 4) is 0 Å². The van der Waals surface area contributed by atoms with Gasteiger partial charge in [0.25, 0.3) is 5.95 Å². The van der Waals surface area contributed by atoms with Crippen molar-refractivity contribution in [2.75, 3.05) is 0 Å². The molecule has 76 valence electrons. The Morgan fingerprint density at radius 1 is 1.00 bits per heavy atom. The maximum absolute atomic E-state index is 8.70. The highest BCUT2D eigenvalue weighted by Crippen LogP contribution is 2.19. The second-order valence-electron chi connectivity index (χ2n) is 3.40. The summed E-state index contributed by atoms with van der Waals surface area (Å²) in [5.41, 5.74) is 1.09. The normalized spacial score (nSPS) is 10.1. The molecule has 15 heavy (non-hydrogen) atoms. The Morgan fingerprint density at radius 2 is 1.73 bits per heavy atom. The van der Waals surface area contributed by atoms with Crippen molar-refractivity contribution in [1.82, 2.24) is 0 Å². The molecule has 0 aliphatic rings. The molecule has 0 bridgehead atoms. The van der Waals surface area contributed by atoms with Crippen molar-refractivity contribution < 1.29 is 10.2 Å². The maximum Gasteiger partial charge on any atom is 0.270 e. The molecule has 0 spiro atoms. The van der Waals surface area contributed by atoms with E-state index in [9.17, 15) is 0 Å². The van der Waals surface area contributed by atoms with Crippen molar-refractivity contribution in [3.63, 3.8) is 0 Å². The molecule has 2 aromatic rings. The fraction of sp³-hybridized carbons (Fsp3) is 0.0769. The first kappa shape index (κ1) is 9.59. The molecule has 0 heterocycles. The quantitative estimate of drug-likeness (QED) is 0.730. The van der Waals surface area contributed by atoms with E-state index in [1.54, 1.807) is 0 Å². The summed E-state index contributed by atoms with van der Waals surface area (Å²) >= 11 is 0. The van der Waals surface area contributed by atoms with Crippen molar-refractivity contribution in [1.29, 1.82) is 0 Å². The van der Waals surface area contributed by atoms with Gasteiger partial charge in [-0.3, -0.25) is 0 Å². The second kappa shape index (κ2) is 4.05. The van der Waals surface area contributed by atoms with E-state index in [2.05, 4.69) is 0 Å². The molecule has 0 amide bonds. The van der Waals surface area contributed by atoms with Gasteiger partial charge in [-0.25, -0.2) is 0 Å². The molecule has 2 nitrogen and oxygen atoms in total. The summed E-state index contributed by atoms with van der Waals surface area (Å²) in [5.74, 6) is -0.622. The standard InChI is InChI=1S/C13H12O2/c14-13(15)9-8-11-6-3-5-10-4-1-2-7-12(10)11/h1-7,9,14-15H,8H2. The van der Waals surface area contributed by atoms with Gasteiger partial charge in [-0.1, -0.05) is 42.5 Å². The lowest BCUT2D eigenvalue weighted by molar-refractivity contribution is 0.189. The Hall–Kier alpha value is -1.96. The number of hydrogen-bond acceptors (Lipinski definition) is 2. The van der Waals surface area contributed by atoms with Crippen LogP contribution in [-0.4, -0.2) is 10.2 Å². The Bertz CT molecular complexity index is 491. The molecule has 0 saturated carbocycles. The van der Waals surface area contributed by atoms with Crippen LogP contribution in [0.5, 0.6) is 0 Å². The Morgan fingerprint density at radius 3 is 2.53 bits per heavy atom. The van der Waals surface area contributed by atoms with E-state index in [4.69, 9.17) is 10.2 Å². The van der Waals surface area contributed by atoms with E-state index in [-0.39, 0.29) is 0 Å². The van der Waals surface area contributed by atoms with Gasteiger partial charge < -0.3 is 10.2 Å². The lowest BCUT2D eigenvalue weighted by atomic mass is 10.0. The molecule has 0 saturated heterocycles. The van der Waals surface area contributed by atoms with Crippen LogP contribution >= 0.6 is 0 Å². The first-order valence-electron chi connectivity index (χ1n) is 4.82. The van der Waals surface area contributed by atoms with Crippen LogP contribution in [0.3, 0.4) is 0 Å². The van der Waals surface area contributed by atoms with E-state index in [1.165, 1.54) is 11.5 Å². The third-order valence-electron chi connectivity index (χ3n) is 2.38. The fourth-order valence-corrected chi connectivity index (χ4v) is 1.67. The highest BCUT2D eigenvalue weighted by molar-refractivity contribution is 5.85. The average Bonchev–Trinajstić information content (AvgIpc) is 2.26. The number of rotatable bonds is 2. The lowest BCUT2D eigenvalue weighted by Gasteiger charge is -2.03. The molecule has 0 aliphatic heterocycles. The van der Waals surface area contributed by atoms with E-state index >= 15 is 0 Å². The van der Waals surface area contributed by atoms with Crippen molar-refractivity contribution in [2.45, 2.75) is 6.42 Å². The van der Waals surface area contributed by atoms with Gasteiger partial charge in [-0.2, -0.15) is 0 Å². The van der Waals surface area contributed by atoms with E-state index in [1.807, 2.05) is 42.5 Å². The van der Waals surface area contributed by atoms with Crippen molar-refractivity contribution >= 4 is 10.8 Å². The van der Waals surface area contributed by atoms with Gasteiger partial charge in [0.15, 0.2) is 0 Å². The smallest absolute Gasteiger partial charge is 0.270 e. The topological polar surface area (TPSA) is 40.5 Å². The van der Waals surface area contributed by atoms with Gasteiger partial charge in [-0.15, -0.1) is 0 Å². The summed E-state index contributed by atoms with van der Waals surface area (Å²) in [5, 5.41) is 19.7. The van der Waals surface area contributed by atoms with E-state index in [0.717, 1.165) is 10.9 Å². The molecular formula is C13H12O2. The molecule has 0 fully saturated rings. The second-order valence-corrected chi connectivity index (χ2v) is 3.40. The first-order valence-corrected chi connectivity index (χ1v) is 4.82. The largest absolute Gasteiger partial charge is 0.481 e. The van der Waals surface area contributed by atoms with Crippen LogP contribution in [-0.2, 0) is 6.42 Å². The lowest BCUT2D eigenvalue weighted by Crippen LogP contribution is -1.86. The summed E-state index contributed by atoms with van der Waals surface area (Å²) < 4.78 is 0. The Balaban J connectivity index is 2.47. The molecule has 0 atom stereocenters. The van der Waals surface area contributed by atoms with Crippen LogP contribution in [0.25, 0.3) is 10.8 Å². The zero-order chi connectivity index (χ0) is 10.7. The molecule has 2 aromatic carbocycles. The molecule has 2 N–H and O–H groups in total. The van der Waals surface area contributed by atoms with Crippen LogP contribution in [0.1, 0.15) is 5.56 Å². The summed E-state index contributed by atoms with van der Waals surface area (Å²) in [6.07, 6.45) is 1.92. The fourth-order valence-electron chi connectivity index (χ4n) is 1.67. The Kier molecular flexibility index (Phi) is 2.59. The number of fused-ring (bicyclic) bond motifs is 1. The third kappa shape index (κ3) is 2.10. The number of aliphatic hydroxyl groups is 2. The van der Waals surface area contributed by atoms with Crippen molar-refractivity contribution in [2.24, 2.45) is 0 Å². The molecule has 0 unspecified atom stereocenters. The highest BCUT2D eigenvalue weighted by Gasteiger charge is 1.98. The molecule has 0 aliphatic carbocycles. The number of allylic oxidation sites excluding steroid dienone is 1. The first-order chi connectivity index (χ1) is 7.27. The monoisotopic (exact) mass is 200 g/mol. The van der Waals surface area contributed by atoms with Gasteiger partial charge in [0.05, 0.1) is 0 Å². The molecule has 0 radical (unpaired) electrons. The SMILES string of the molecule is OC(O)=CCc1cccc2ccccc12. The molecular weight excluding hydrogens is 188 g/mol. The predicted molar refractivity (Wildman–Crippen MR) is 61.0 cm³/mol. The Labute approximate surface area is 88.1 Å². The predicted octanol–water partition coefficient (Wildman–Crippen LogP) is 3.34. The van der Waals surface area contributed by atoms with Gasteiger partial charge >= 0.3 is 0 Å². The number of aliphatic hydroxyl groups excluding tert-OH is 1. The van der Waals surface area contributed by atoms with Crippen LogP contribution in [0, 0.1) is 0 Å². The maximum atomic E-state index is 8.70. The van der Waals surface area contributed by atoms with E-state index in [0.29, 0.717) is 6.42 Å². The van der Waals surface area contributed by atoms with Crippen LogP contribution in [0.2, 0.25) is 0 Å². The van der Waals surface area contributed by atoms with E-state index < -0.39 is 5.95 Å². The third-order valence-corrected chi connectivity index (χ3v) is 2.38. The van der Waals surface area contributed by atoms with Crippen LogP contribution < -0.4 is 0 Å². The summed E-state index contributed by atoms with van der Waals surface area (Å²) in [6, 6.07) is 14.1. The average molecular weight is 200 g/mol. The minimum absolute atomic E-state index is 0.531. The number of hydrogen-bond donors (Lipinski definition) is 2. The van der Waals surface area contributed by atoms with Crippen LogP contribution in [0.15, 0.2) is 54.5 Å².